The van der Waals surface area contributed by atoms with Crippen molar-refractivity contribution in [1.29, 1.82) is 0 Å². The highest BCUT2D eigenvalue weighted by Crippen LogP contribution is 2.21. The van der Waals surface area contributed by atoms with Gasteiger partial charge < -0.3 is 10.1 Å². The number of hydrogen-bond acceptors (Lipinski definition) is 2. The van der Waals surface area contributed by atoms with Crippen LogP contribution in [-0.2, 0) is 4.79 Å². The van der Waals surface area contributed by atoms with E-state index in [9.17, 15) is 9.18 Å². The van der Waals surface area contributed by atoms with Gasteiger partial charge in [-0.15, -0.1) is 0 Å². The van der Waals surface area contributed by atoms with E-state index in [2.05, 4.69) is 21.2 Å². The predicted octanol–water partition coefficient (Wildman–Crippen LogP) is 3.81. The van der Waals surface area contributed by atoms with E-state index in [1.165, 1.54) is 25.0 Å². The Hall–Kier alpha value is -1.10. The zero-order valence-corrected chi connectivity index (χ0v) is 12.9. The molecule has 0 unspecified atom stereocenters. The molecule has 110 valence electrons. The Bertz CT molecular complexity index is 459. The molecule has 1 amide bonds. The van der Waals surface area contributed by atoms with Gasteiger partial charge in [0.05, 0.1) is 0 Å². The monoisotopic (exact) mass is 343 g/mol. The topological polar surface area (TPSA) is 38.3 Å². The Kier molecular flexibility index (Phi) is 5.83. The van der Waals surface area contributed by atoms with Crippen LogP contribution in [0.15, 0.2) is 22.7 Å². The van der Waals surface area contributed by atoms with Gasteiger partial charge in [0.2, 0.25) is 0 Å². The number of ether oxygens (including phenoxy) is 1. The highest BCUT2D eigenvalue weighted by atomic mass is 79.9. The number of benzene rings is 1. The van der Waals surface area contributed by atoms with E-state index in [0.717, 1.165) is 25.7 Å². The highest BCUT2D eigenvalue weighted by molar-refractivity contribution is 9.10. The summed E-state index contributed by atoms with van der Waals surface area (Å²) in [6, 6.07) is 4.75. The molecule has 0 spiro atoms. The summed E-state index contributed by atoms with van der Waals surface area (Å²) in [5, 5.41) is 2.96. The molecule has 0 radical (unpaired) electrons. The third kappa shape index (κ3) is 4.78. The Labute approximate surface area is 127 Å². The molecule has 0 heterocycles. The minimum absolute atomic E-state index is 0.101. The molecule has 20 heavy (non-hydrogen) atoms. The zero-order valence-electron chi connectivity index (χ0n) is 11.3. The third-order valence-electron chi connectivity index (χ3n) is 3.47. The summed E-state index contributed by atoms with van der Waals surface area (Å²) >= 11 is 3.17. The van der Waals surface area contributed by atoms with Crippen LogP contribution in [0, 0.1) is 5.82 Å². The maximum absolute atomic E-state index is 13.5. The zero-order chi connectivity index (χ0) is 14.4. The average molecular weight is 344 g/mol. The first-order chi connectivity index (χ1) is 9.65. The molecule has 1 fully saturated rings. The van der Waals surface area contributed by atoms with Crippen LogP contribution >= 0.6 is 15.9 Å². The van der Waals surface area contributed by atoms with Crippen molar-refractivity contribution >= 4 is 21.8 Å². The fourth-order valence-corrected chi connectivity index (χ4v) is 2.76. The number of rotatable bonds is 4. The van der Waals surface area contributed by atoms with Crippen molar-refractivity contribution in [2.75, 3.05) is 6.61 Å². The van der Waals surface area contributed by atoms with Crippen LogP contribution in [0.25, 0.3) is 0 Å². The van der Waals surface area contributed by atoms with Gasteiger partial charge in [-0.1, -0.05) is 41.6 Å². The van der Waals surface area contributed by atoms with E-state index >= 15 is 0 Å². The Morgan fingerprint density at radius 3 is 2.65 bits per heavy atom. The SMILES string of the molecule is O=C(COc1ccc(Br)cc1F)NC1CCCCCC1. The van der Waals surface area contributed by atoms with Gasteiger partial charge in [-0.2, -0.15) is 0 Å². The first-order valence-electron chi connectivity index (χ1n) is 7.02. The lowest BCUT2D eigenvalue weighted by molar-refractivity contribution is -0.123. The fraction of sp³-hybridized carbons (Fsp3) is 0.533. The summed E-state index contributed by atoms with van der Waals surface area (Å²) in [4.78, 5) is 11.8. The second-order valence-corrected chi connectivity index (χ2v) is 6.04. The normalized spacial score (nSPS) is 16.5. The highest BCUT2D eigenvalue weighted by Gasteiger charge is 2.15. The number of hydrogen-bond donors (Lipinski definition) is 1. The van der Waals surface area contributed by atoms with E-state index in [4.69, 9.17) is 4.74 Å². The third-order valence-corrected chi connectivity index (χ3v) is 3.97. The summed E-state index contributed by atoms with van der Waals surface area (Å²) in [7, 11) is 0. The van der Waals surface area contributed by atoms with Crippen LogP contribution in [0.3, 0.4) is 0 Å². The number of carbonyl (C=O) groups is 1. The molecule has 0 atom stereocenters. The van der Waals surface area contributed by atoms with Gasteiger partial charge in [-0.05, 0) is 31.0 Å². The quantitative estimate of drug-likeness (QED) is 0.844. The molecule has 1 aromatic rings. The van der Waals surface area contributed by atoms with Gasteiger partial charge in [0.15, 0.2) is 18.2 Å². The molecule has 2 rings (SSSR count). The lowest BCUT2D eigenvalue weighted by Gasteiger charge is -2.16. The summed E-state index contributed by atoms with van der Waals surface area (Å²) in [5.41, 5.74) is 0. The van der Waals surface area contributed by atoms with Crippen molar-refractivity contribution < 1.29 is 13.9 Å². The van der Waals surface area contributed by atoms with Gasteiger partial charge in [-0.3, -0.25) is 4.79 Å². The molecule has 1 aliphatic carbocycles. The summed E-state index contributed by atoms with van der Waals surface area (Å²) < 4.78 is 19.4. The van der Waals surface area contributed by atoms with E-state index in [1.54, 1.807) is 6.07 Å². The van der Waals surface area contributed by atoms with Crippen LogP contribution in [-0.4, -0.2) is 18.6 Å². The van der Waals surface area contributed by atoms with Gasteiger partial charge in [0.1, 0.15) is 0 Å². The van der Waals surface area contributed by atoms with Crippen LogP contribution in [0.1, 0.15) is 38.5 Å². The smallest absolute Gasteiger partial charge is 0.258 e. The van der Waals surface area contributed by atoms with Crippen LogP contribution in [0.2, 0.25) is 0 Å². The molecule has 1 aromatic carbocycles. The average Bonchev–Trinajstić information content (AvgIpc) is 2.66. The minimum Gasteiger partial charge on any atom is -0.481 e. The van der Waals surface area contributed by atoms with Crippen molar-refractivity contribution in [2.45, 2.75) is 44.6 Å². The molecule has 1 aliphatic rings. The van der Waals surface area contributed by atoms with E-state index in [1.807, 2.05) is 0 Å². The molecule has 0 aromatic heterocycles. The predicted molar refractivity (Wildman–Crippen MR) is 79.2 cm³/mol. The van der Waals surface area contributed by atoms with Crippen molar-refractivity contribution in [1.82, 2.24) is 5.32 Å². The Morgan fingerprint density at radius 1 is 1.30 bits per heavy atom. The largest absolute Gasteiger partial charge is 0.481 e. The molecule has 5 heteroatoms. The molecule has 0 saturated heterocycles. The number of nitrogens with one attached hydrogen (secondary N) is 1. The minimum atomic E-state index is -0.471. The van der Waals surface area contributed by atoms with E-state index in [-0.39, 0.29) is 24.3 Å². The van der Waals surface area contributed by atoms with Crippen LogP contribution in [0.5, 0.6) is 5.75 Å². The second kappa shape index (κ2) is 7.62. The molecular weight excluding hydrogens is 325 g/mol. The lowest BCUT2D eigenvalue weighted by atomic mass is 10.1. The molecule has 1 saturated carbocycles. The van der Waals surface area contributed by atoms with Crippen molar-refractivity contribution in [3.8, 4) is 5.75 Å². The van der Waals surface area contributed by atoms with Gasteiger partial charge in [0.25, 0.3) is 5.91 Å². The van der Waals surface area contributed by atoms with Gasteiger partial charge in [0, 0.05) is 10.5 Å². The molecule has 0 aliphatic heterocycles. The van der Waals surface area contributed by atoms with E-state index in [0.29, 0.717) is 4.47 Å². The van der Waals surface area contributed by atoms with Crippen molar-refractivity contribution in [3.63, 3.8) is 0 Å². The Morgan fingerprint density at radius 2 is 2.00 bits per heavy atom. The first kappa shape index (κ1) is 15.3. The maximum atomic E-state index is 13.5. The van der Waals surface area contributed by atoms with Crippen LogP contribution < -0.4 is 10.1 Å². The molecule has 0 bridgehead atoms. The van der Waals surface area contributed by atoms with Crippen LogP contribution in [0.4, 0.5) is 4.39 Å². The summed E-state index contributed by atoms with van der Waals surface area (Å²) in [6.07, 6.45) is 6.86. The lowest BCUT2D eigenvalue weighted by Crippen LogP contribution is -2.37. The summed E-state index contributed by atoms with van der Waals surface area (Å²) in [5.74, 6) is -0.551. The van der Waals surface area contributed by atoms with Gasteiger partial charge >= 0.3 is 0 Å². The van der Waals surface area contributed by atoms with Crippen molar-refractivity contribution in [2.24, 2.45) is 0 Å². The summed E-state index contributed by atoms with van der Waals surface area (Å²) in [6.45, 7) is -0.144. The first-order valence-corrected chi connectivity index (χ1v) is 7.81. The standard InChI is InChI=1S/C15H19BrFNO2/c16-11-7-8-14(13(17)9-11)20-10-15(19)18-12-5-3-1-2-4-6-12/h7-9,12H,1-6,10H2,(H,18,19). The fourth-order valence-electron chi connectivity index (χ4n) is 2.43. The van der Waals surface area contributed by atoms with E-state index < -0.39 is 5.82 Å². The molecular formula is C15H19BrFNO2. The second-order valence-electron chi connectivity index (χ2n) is 5.12. The van der Waals surface area contributed by atoms with Gasteiger partial charge in [-0.25, -0.2) is 4.39 Å². The molecule has 3 nitrogen and oxygen atoms in total. The molecule has 1 N–H and O–H groups in total. The number of halogens is 2. The number of carbonyl (C=O) groups excluding carboxylic acids is 1. The van der Waals surface area contributed by atoms with Crippen molar-refractivity contribution in [3.05, 3.63) is 28.5 Å². The number of amides is 1. The Balaban J connectivity index is 1.79. The maximum Gasteiger partial charge on any atom is 0.258 e.